The first kappa shape index (κ1) is 17.4. The van der Waals surface area contributed by atoms with Crippen LogP contribution < -0.4 is 0 Å². The normalized spacial score (nSPS) is 11.1. The average Bonchev–Trinajstić information content (AvgIpc) is 2.40. The van der Waals surface area contributed by atoms with Crippen molar-refractivity contribution in [1.29, 1.82) is 0 Å². The molecule has 0 amide bonds. The fourth-order valence-corrected chi connectivity index (χ4v) is 2.04. The van der Waals surface area contributed by atoms with Gasteiger partial charge in [0.2, 0.25) is 0 Å². The first-order chi connectivity index (χ1) is 8.97. The Hall–Kier alpha value is -1.56. The number of hydrogen-bond acceptors (Lipinski definition) is 4. The predicted octanol–water partition coefficient (Wildman–Crippen LogP) is 2.31. The van der Waals surface area contributed by atoms with E-state index in [2.05, 4.69) is 42.7 Å². The molecule has 0 spiro atoms. The van der Waals surface area contributed by atoms with E-state index in [-0.39, 0.29) is 0 Å². The molecule has 1 rings (SSSR count). The van der Waals surface area contributed by atoms with Crippen LogP contribution in [0, 0.1) is 0 Å². The maximum absolute atomic E-state index is 9.10. The van der Waals surface area contributed by atoms with Crippen molar-refractivity contribution in [2.75, 3.05) is 5.75 Å². The third-order valence-corrected chi connectivity index (χ3v) is 3.64. The van der Waals surface area contributed by atoms with Gasteiger partial charge < -0.3 is 10.2 Å². The molecule has 0 aromatic carbocycles. The summed E-state index contributed by atoms with van der Waals surface area (Å²) < 4.78 is 0. The lowest BCUT2D eigenvalue weighted by atomic mass is 10.2. The topological polar surface area (TPSA) is 87.5 Å². The largest absolute Gasteiger partial charge is 0.473 e. The van der Waals surface area contributed by atoms with Gasteiger partial charge in [0.15, 0.2) is 0 Å². The lowest BCUT2D eigenvalue weighted by Crippen LogP contribution is -2.09. The van der Waals surface area contributed by atoms with Gasteiger partial charge in [0.1, 0.15) is 0 Å². The zero-order chi connectivity index (χ0) is 14.7. The van der Waals surface area contributed by atoms with E-state index in [0.717, 1.165) is 11.7 Å². The van der Waals surface area contributed by atoms with Gasteiger partial charge in [0, 0.05) is 17.6 Å². The van der Waals surface area contributed by atoms with E-state index in [1.807, 2.05) is 12.4 Å². The van der Waals surface area contributed by atoms with Crippen LogP contribution in [0.25, 0.3) is 0 Å². The fourth-order valence-electron chi connectivity index (χ4n) is 1.05. The summed E-state index contributed by atoms with van der Waals surface area (Å²) in [5, 5.41) is 15.6. The van der Waals surface area contributed by atoms with Gasteiger partial charge in [0.25, 0.3) is 0 Å². The number of carbonyl (C=O) groups is 2. The second-order valence-electron chi connectivity index (χ2n) is 3.81. The lowest BCUT2D eigenvalue weighted by Gasteiger charge is -2.07. The van der Waals surface area contributed by atoms with Gasteiger partial charge in [-0.2, -0.15) is 11.8 Å². The molecule has 0 bridgehead atoms. The highest BCUT2D eigenvalue weighted by atomic mass is 32.2. The van der Waals surface area contributed by atoms with Crippen LogP contribution in [0.4, 0.5) is 0 Å². The number of aliphatic carboxylic acids is 2. The third-order valence-electron chi connectivity index (χ3n) is 2.30. The van der Waals surface area contributed by atoms with Crippen molar-refractivity contribution in [2.24, 2.45) is 0 Å². The van der Waals surface area contributed by atoms with Crippen molar-refractivity contribution in [3.8, 4) is 0 Å². The van der Waals surface area contributed by atoms with Crippen LogP contribution in [0.3, 0.4) is 0 Å². The lowest BCUT2D eigenvalue weighted by molar-refractivity contribution is -0.159. The van der Waals surface area contributed by atoms with Crippen molar-refractivity contribution >= 4 is 23.7 Å². The quantitative estimate of drug-likeness (QED) is 0.807. The van der Waals surface area contributed by atoms with E-state index in [9.17, 15) is 0 Å². The fraction of sp³-hybridized carbons (Fsp3) is 0.462. The SMILES string of the molecule is CCC(C)SCCc1ccncc1.O=C(O)C(=O)O. The summed E-state index contributed by atoms with van der Waals surface area (Å²) in [5.74, 6) is -2.43. The molecule has 1 unspecified atom stereocenters. The molecule has 19 heavy (non-hydrogen) atoms. The summed E-state index contributed by atoms with van der Waals surface area (Å²) >= 11 is 2.05. The molecular weight excluding hydrogens is 266 g/mol. The molecule has 0 saturated carbocycles. The van der Waals surface area contributed by atoms with Crippen LogP contribution in [0.5, 0.6) is 0 Å². The van der Waals surface area contributed by atoms with Gasteiger partial charge in [-0.15, -0.1) is 0 Å². The maximum Gasteiger partial charge on any atom is 0.414 e. The smallest absolute Gasteiger partial charge is 0.414 e. The highest BCUT2D eigenvalue weighted by molar-refractivity contribution is 7.99. The van der Waals surface area contributed by atoms with Crippen LogP contribution in [-0.4, -0.2) is 38.1 Å². The second kappa shape index (κ2) is 10.4. The van der Waals surface area contributed by atoms with Crippen molar-refractivity contribution in [1.82, 2.24) is 4.98 Å². The van der Waals surface area contributed by atoms with Crippen molar-refractivity contribution in [3.63, 3.8) is 0 Å². The Bertz CT molecular complexity index is 371. The predicted molar refractivity (Wildman–Crippen MR) is 75.4 cm³/mol. The average molecular weight is 285 g/mol. The first-order valence-electron chi connectivity index (χ1n) is 5.94. The van der Waals surface area contributed by atoms with E-state index in [1.165, 1.54) is 17.7 Å². The Morgan fingerprint density at radius 3 is 2.21 bits per heavy atom. The molecule has 6 heteroatoms. The molecule has 0 aliphatic rings. The molecule has 1 aromatic heterocycles. The molecule has 0 fully saturated rings. The molecule has 106 valence electrons. The van der Waals surface area contributed by atoms with Crippen LogP contribution in [-0.2, 0) is 16.0 Å². The van der Waals surface area contributed by atoms with Crippen molar-refractivity contribution < 1.29 is 19.8 Å². The number of carboxylic acids is 2. The standard InChI is InChI=1S/C11H17NS.C2H2O4/c1-3-10(2)13-9-6-11-4-7-12-8-5-11;3-1(4)2(5)6/h4-5,7-8,10H,3,6,9H2,1-2H3;(H,3,4)(H,5,6). The van der Waals surface area contributed by atoms with Crippen LogP contribution >= 0.6 is 11.8 Å². The Balaban J connectivity index is 0.000000459. The Kier molecular flexibility index (Phi) is 9.52. The van der Waals surface area contributed by atoms with Crippen LogP contribution in [0.2, 0.25) is 0 Å². The summed E-state index contributed by atoms with van der Waals surface area (Å²) in [7, 11) is 0. The minimum Gasteiger partial charge on any atom is -0.473 e. The van der Waals surface area contributed by atoms with Gasteiger partial charge in [-0.3, -0.25) is 4.98 Å². The molecular formula is C13H19NO4S. The highest BCUT2D eigenvalue weighted by Gasteiger charge is 2.04. The zero-order valence-corrected chi connectivity index (χ0v) is 11.9. The summed E-state index contributed by atoms with van der Waals surface area (Å²) in [6, 6.07) is 4.19. The van der Waals surface area contributed by atoms with Gasteiger partial charge in [-0.25, -0.2) is 9.59 Å². The second-order valence-corrected chi connectivity index (χ2v) is 5.35. The minimum absolute atomic E-state index is 0.793. The van der Waals surface area contributed by atoms with Crippen LogP contribution in [0.1, 0.15) is 25.8 Å². The molecule has 0 saturated heterocycles. The van der Waals surface area contributed by atoms with E-state index in [1.54, 1.807) is 0 Å². The Morgan fingerprint density at radius 1 is 1.26 bits per heavy atom. The molecule has 0 aliphatic carbocycles. The van der Waals surface area contributed by atoms with Crippen LogP contribution in [0.15, 0.2) is 24.5 Å². The van der Waals surface area contributed by atoms with Crippen molar-refractivity contribution in [2.45, 2.75) is 31.9 Å². The number of carboxylic acid groups (broad SMARTS) is 2. The Morgan fingerprint density at radius 2 is 1.79 bits per heavy atom. The van der Waals surface area contributed by atoms with Gasteiger partial charge >= 0.3 is 11.9 Å². The van der Waals surface area contributed by atoms with E-state index >= 15 is 0 Å². The molecule has 1 heterocycles. The van der Waals surface area contributed by atoms with Gasteiger partial charge in [-0.1, -0.05) is 13.8 Å². The molecule has 1 atom stereocenters. The monoisotopic (exact) mass is 285 g/mol. The molecule has 1 aromatic rings. The summed E-state index contributed by atoms with van der Waals surface area (Å²) in [4.78, 5) is 22.2. The molecule has 0 radical (unpaired) electrons. The number of nitrogens with zero attached hydrogens (tertiary/aromatic N) is 1. The number of aromatic nitrogens is 1. The highest BCUT2D eigenvalue weighted by Crippen LogP contribution is 2.14. The van der Waals surface area contributed by atoms with Crippen molar-refractivity contribution in [3.05, 3.63) is 30.1 Å². The number of aryl methyl sites for hydroxylation is 1. The Labute approximate surface area is 117 Å². The number of hydrogen-bond donors (Lipinski definition) is 2. The molecule has 2 N–H and O–H groups in total. The minimum atomic E-state index is -1.82. The van der Waals surface area contributed by atoms with E-state index in [4.69, 9.17) is 19.8 Å². The summed E-state index contributed by atoms with van der Waals surface area (Å²) in [6.45, 7) is 4.53. The number of pyridine rings is 1. The molecule has 0 aliphatic heterocycles. The summed E-state index contributed by atoms with van der Waals surface area (Å²) in [6.07, 6.45) is 6.16. The van der Waals surface area contributed by atoms with E-state index < -0.39 is 11.9 Å². The van der Waals surface area contributed by atoms with E-state index in [0.29, 0.717) is 0 Å². The third kappa shape index (κ3) is 10.1. The van der Waals surface area contributed by atoms with Gasteiger partial charge in [-0.05, 0) is 36.3 Å². The number of rotatable bonds is 5. The first-order valence-corrected chi connectivity index (χ1v) is 6.99. The summed E-state index contributed by atoms with van der Waals surface area (Å²) in [5.41, 5.74) is 1.39. The molecule has 5 nitrogen and oxygen atoms in total. The number of thioether (sulfide) groups is 1. The maximum atomic E-state index is 9.10. The zero-order valence-electron chi connectivity index (χ0n) is 11.1. The van der Waals surface area contributed by atoms with Gasteiger partial charge in [0.05, 0.1) is 0 Å².